The molecular formula is C16H17O5P. The van der Waals surface area contributed by atoms with Gasteiger partial charge in [-0.2, -0.15) is 0 Å². The minimum absolute atomic E-state index is 0.0176. The fourth-order valence-electron chi connectivity index (χ4n) is 2.46. The summed E-state index contributed by atoms with van der Waals surface area (Å²) in [7, 11) is -4.44. The maximum atomic E-state index is 12.4. The topological polar surface area (TPSA) is 91.7 Å². The van der Waals surface area contributed by atoms with Crippen LogP contribution >= 0.6 is 7.60 Å². The van der Waals surface area contributed by atoms with Crippen molar-refractivity contribution in [3.05, 3.63) is 59.2 Å². The molecule has 1 aromatic rings. The van der Waals surface area contributed by atoms with Gasteiger partial charge in [-0.05, 0) is 12.5 Å². The minimum Gasteiger partial charge on any atom is -0.324 e. The van der Waals surface area contributed by atoms with Crippen molar-refractivity contribution in [2.24, 2.45) is 0 Å². The summed E-state index contributed by atoms with van der Waals surface area (Å²) in [6, 6.07) is 8.58. The number of carbonyl (C=O) groups excluding carboxylic acids is 2. The maximum Gasteiger partial charge on any atom is 0.333 e. The first-order chi connectivity index (χ1) is 10.3. The second-order valence-electron chi connectivity index (χ2n) is 5.09. The fourth-order valence-corrected chi connectivity index (χ4v) is 3.52. The van der Waals surface area contributed by atoms with Crippen LogP contribution in [-0.2, 0) is 9.36 Å². The van der Waals surface area contributed by atoms with Gasteiger partial charge in [0.1, 0.15) is 0 Å². The summed E-state index contributed by atoms with van der Waals surface area (Å²) >= 11 is 0. The third-order valence-corrected chi connectivity index (χ3v) is 5.05. The molecule has 116 valence electrons. The lowest BCUT2D eigenvalue weighted by Gasteiger charge is -2.21. The Bertz CT molecular complexity index is 697. The summed E-state index contributed by atoms with van der Waals surface area (Å²) in [5.74, 6) is -0.606. The molecule has 0 saturated heterocycles. The summed E-state index contributed by atoms with van der Waals surface area (Å²) in [4.78, 5) is 43.2. The summed E-state index contributed by atoms with van der Waals surface area (Å²) in [5, 5.41) is 0. The molecule has 5 nitrogen and oxygen atoms in total. The summed E-state index contributed by atoms with van der Waals surface area (Å²) in [6.45, 7) is 1.61. The highest BCUT2D eigenvalue weighted by molar-refractivity contribution is 7.53. The Hall–Kier alpha value is -1.81. The van der Waals surface area contributed by atoms with Crippen LogP contribution in [0.4, 0.5) is 0 Å². The summed E-state index contributed by atoms with van der Waals surface area (Å²) in [6.07, 6.45) is 2.95. The van der Waals surface area contributed by atoms with Gasteiger partial charge in [-0.25, -0.2) is 0 Å². The second-order valence-corrected chi connectivity index (χ2v) is 6.90. The number of carbonyl (C=O) groups is 2. The highest BCUT2D eigenvalue weighted by atomic mass is 31.2. The van der Waals surface area contributed by atoms with Gasteiger partial charge in [0.2, 0.25) is 0 Å². The van der Waals surface area contributed by atoms with Crippen LogP contribution < -0.4 is 0 Å². The molecular weight excluding hydrogens is 303 g/mol. The maximum absolute atomic E-state index is 12.4. The zero-order valence-corrected chi connectivity index (χ0v) is 13.0. The van der Waals surface area contributed by atoms with Crippen molar-refractivity contribution in [1.29, 1.82) is 0 Å². The number of ketones is 2. The van der Waals surface area contributed by atoms with Crippen LogP contribution in [0.25, 0.3) is 0 Å². The smallest absolute Gasteiger partial charge is 0.324 e. The number of benzene rings is 1. The molecule has 1 aliphatic carbocycles. The molecule has 1 atom stereocenters. The number of hydrogen-bond donors (Lipinski definition) is 2. The van der Waals surface area contributed by atoms with Gasteiger partial charge in [0.25, 0.3) is 0 Å². The van der Waals surface area contributed by atoms with Crippen molar-refractivity contribution in [2.45, 2.75) is 25.4 Å². The van der Waals surface area contributed by atoms with Gasteiger partial charge in [-0.15, -0.1) is 0 Å². The second kappa shape index (κ2) is 6.53. The molecule has 1 aliphatic rings. The molecule has 0 heterocycles. The van der Waals surface area contributed by atoms with Gasteiger partial charge >= 0.3 is 7.60 Å². The zero-order chi connectivity index (χ0) is 16.3. The molecule has 6 heteroatoms. The third-order valence-electron chi connectivity index (χ3n) is 3.59. The van der Waals surface area contributed by atoms with E-state index in [-0.39, 0.29) is 30.0 Å². The van der Waals surface area contributed by atoms with E-state index in [1.165, 1.54) is 12.2 Å². The molecule has 0 bridgehead atoms. The number of Topliss-reactive ketones (excluding diaryl/α,β-unsaturated/α-hetero) is 2. The van der Waals surface area contributed by atoms with Crippen molar-refractivity contribution in [2.75, 3.05) is 0 Å². The van der Waals surface area contributed by atoms with Crippen molar-refractivity contribution in [3.63, 3.8) is 0 Å². The molecule has 0 radical (unpaired) electrons. The average Bonchev–Trinajstić information content (AvgIpc) is 2.48. The standard InChI is InChI=1S/C16H17O5P/c1-2-15(22(19,20)21)13-10-12(8-9-14(13)17)16(18)11-6-4-3-5-7-11/h3-8,10,15H,2,9H2,1H3,(H2,19,20,21). The number of rotatable bonds is 5. The van der Waals surface area contributed by atoms with Crippen molar-refractivity contribution < 1.29 is 23.9 Å². The van der Waals surface area contributed by atoms with E-state index in [2.05, 4.69) is 0 Å². The van der Waals surface area contributed by atoms with E-state index in [9.17, 15) is 23.9 Å². The van der Waals surface area contributed by atoms with Gasteiger partial charge in [0.05, 0.1) is 5.66 Å². The van der Waals surface area contributed by atoms with E-state index in [1.807, 2.05) is 0 Å². The predicted molar refractivity (Wildman–Crippen MR) is 82.7 cm³/mol. The molecule has 0 spiro atoms. The summed E-state index contributed by atoms with van der Waals surface area (Å²) < 4.78 is 11.6. The van der Waals surface area contributed by atoms with Crippen LogP contribution in [0.2, 0.25) is 0 Å². The summed E-state index contributed by atoms with van der Waals surface area (Å²) in [5.41, 5.74) is -0.347. The van der Waals surface area contributed by atoms with E-state index in [1.54, 1.807) is 37.3 Å². The average molecular weight is 320 g/mol. The van der Waals surface area contributed by atoms with Crippen LogP contribution in [-0.4, -0.2) is 27.0 Å². The van der Waals surface area contributed by atoms with Gasteiger partial charge < -0.3 is 9.79 Å². The number of hydrogen-bond acceptors (Lipinski definition) is 3. The van der Waals surface area contributed by atoms with Gasteiger partial charge in [-0.3, -0.25) is 14.2 Å². The monoisotopic (exact) mass is 320 g/mol. The van der Waals surface area contributed by atoms with E-state index in [0.29, 0.717) is 11.1 Å². The first-order valence-corrected chi connectivity index (χ1v) is 8.62. The van der Waals surface area contributed by atoms with E-state index in [4.69, 9.17) is 0 Å². The number of allylic oxidation sites excluding steroid dienone is 4. The Balaban J connectivity index is 2.38. The zero-order valence-electron chi connectivity index (χ0n) is 12.1. The minimum atomic E-state index is -4.44. The third kappa shape index (κ3) is 3.50. The fraction of sp³-hybridized carbons (Fsp3) is 0.250. The first-order valence-electron chi connectivity index (χ1n) is 6.94. The molecule has 0 amide bonds. The van der Waals surface area contributed by atoms with Gasteiger partial charge in [0.15, 0.2) is 11.6 Å². The van der Waals surface area contributed by atoms with Gasteiger partial charge in [0, 0.05) is 23.1 Å². The highest BCUT2D eigenvalue weighted by Crippen LogP contribution is 2.47. The Morgan fingerprint density at radius 3 is 2.45 bits per heavy atom. The highest BCUT2D eigenvalue weighted by Gasteiger charge is 2.35. The lowest BCUT2D eigenvalue weighted by atomic mass is 9.91. The molecule has 0 saturated carbocycles. The molecule has 0 aliphatic heterocycles. The van der Waals surface area contributed by atoms with Crippen LogP contribution in [0.15, 0.2) is 53.6 Å². The van der Waals surface area contributed by atoms with Crippen LogP contribution in [0.1, 0.15) is 30.1 Å². The van der Waals surface area contributed by atoms with E-state index < -0.39 is 13.3 Å². The molecule has 22 heavy (non-hydrogen) atoms. The van der Waals surface area contributed by atoms with Crippen LogP contribution in [0, 0.1) is 0 Å². The molecule has 0 fully saturated rings. The molecule has 1 unspecified atom stereocenters. The van der Waals surface area contributed by atoms with Crippen LogP contribution in [0.5, 0.6) is 0 Å². The first kappa shape index (κ1) is 16.6. The Morgan fingerprint density at radius 2 is 1.91 bits per heavy atom. The quantitative estimate of drug-likeness (QED) is 0.643. The molecule has 2 rings (SSSR count). The Kier molecular flexibility index (Phi) is 4.91. The SMILES string of the molecule is CCC(C1=CC(C(=O)c2ccccc2)=CCC1=O)P(=O)(O)O. The van der Waals surface area contributed by atoms with Crippen molar-refractivity contribution in [1.82, 2.24) is 0 Å². The van der Waals surface area contributed by atoms with Crippen molar-refractivity contribution in [3.8, 4) is 0 Å². The molecule has 2 N–H and O–H groups in total. The lowest BCUT2D eigenvalue weighted by molar-refractivity contribution is -0.115. The van der Waals surface area contributed by atoms with Crippen molar-refractivity contribution >= 4 is 19.2 Å². The molecule has 1 aromatic carbocycles. The van der Waals surface area contributed by atoms with E-state index >= 15 is 0 Å². The Labute approximate surface area is 128 Å². The molecule has 0 aromatic heterocycles. The van der Waals surface area contributed by atoms with E-state index in [0.717, 1.165) is 0 Å². The normalized spacial score (nSPS) is 16.8. The Morgan fingerprint density at radius 1 is 1.27 bits per heavy atom. The van der Waals surface area contributed by atoms with Crippen LogP contribution in [0.3, 0.4) is 0 Å². The largest absolute Gasteiger partial charge is 0.333 e. The predicted octanol–water partition coefficient (Wildman–Crippen LogP) is 2.65. The lowest BCUT2D eigenvalue weighted by Crippen LogP contribution is -2.21. The van der Waals surface area contributed by atoms with Gasteiger partial charge in [-0.1, -0.05) is 43.3 Å².